The van der Waals surface area contributed by atoms with Crippen LogP contribution in [0.4, 0.5) is 5.69 Å². The Morgan fingerprint density at radius 3 is 2.81 bits per heavy atom. The quantitative estimate of drug-likeness (QED) is 0.939. The number of rotatable bonds is 4. The highest BCUT2D eigenvalue weighted by atomic mass is 16.3. The molecule has 0 saturated heterocycles. The predicted molar refractivity (Wildman–Crippen MR) is 84.7 cm³/mol. The average molecular weight is 285 g/mol. The average Bonchev–Trinajstić information content (AvgIpc) is 3.06. The summed E-state index contributed by atoms with van der Waals surface area (Å²) in [6.07, 6.45) is 3.12. The highest BCUT2D eigenvalue weighted by molar-refractivity contribution is 5.58. The number of nitrogens with zero attached hydrogens (tertiary/aromatic N) is 3. The van der Waals surface area contributed by atoms with Crippen LogP contribution in [0.2, 0.25) is 0 Å². The van der Waals surface area contributed by atoms with Crippen LogP contribution in [0.3, 0.4) is 0 Å². The van der Waals surface area contributed by atoms with Gasteiger partial charge in [-0.2, -0.15) is 5.10 Å². The van der Waals surface area contributed by atoms with Gasteiger partial charge in [0.25, 0.3) is 0 Å². The largest absolute Gasteiger partial charge is 0.388 e. The van der Waals surface area contributed by atoms with E-state index in [2.05, 4.69) is 43.0 Å². The maximum absolute atomic E-state index is 10.5. The summed E-state index contributed by atoms with van der Waals surface area (Å²) < 4.78 is 1.93. The number of hydrogen-bond donors (Lipinski definition) is 1. The lowest BCUT2D eigenvalue weighted by molar-refractivity contribution is 0.177. The number of likely N-dealkylation sites (N-methyl/N-ethyl adjacent to an activating group) is 1. The molecule has 4 heteroatoms. The van der Waals surface area contributed by atoms with Crippen molar-refractivity contribution >= 4 is 5.69 Å². The Labute approximate surface area is 126 Å². The predicted octanol–water partition coefficient (Wildman–Crippen LogP) is 2.73. The van der Waals surface area contributed by atoms with Crippen molar-refractivity contribution in [2.45, 2.75) is 38.8 Å². The van der Waals surface area contributed by atoms with Crippen molar-refractivity contribution in [2.75, 3.05) is 18.5 Å². The third-order valence-electron chi connectivity index (χ3n) is 4.21. The Balaban J connectivity index is 1.74. The highest BCUT2D eigenvalue weighted by Crippen LogP contribution is 2.30. The fourth-order valence-electron chi connectivity index (χ4n) is 2.88. The second kappa shape index (κ2) is 5.53. The van der Waals surface area contributed by atoms with Gasteiger partial charge in [0, 0.05) is 37.9 Å². The van der Waals surface area contributed by atoms with Crippen molar-refractivity contribution in [3.63, 3.8) is 0 Å². The highest BCUT2D eigenvalue weighted by Gasteiger charge is 2.18. The molecule has 112 valence electrons. The van der Waals surface area contributed by atoms with Crippen LogP contribution in [0, 0.1) is 0 Å². The first-order valence-electron chi connectivity index (χ1n) is 7.60. The van der Waals surface area contributed by atoms with E-state index in [-0.39, 0.29) is 0 Å². The van der Waals surface area contributed by atoms with Crippen LogP contribution in [0.5, 0.6) is 0 Å². The van der Waals surface area contributed by atoms with Gasteiger partial charge in [0.1, 0.15) is 0 Å². The summed E-state index contributed by atoms with van der Waals surface area (Å²) in [4.78, 5) is 2.26. The fourth-order valence-corrected chi connectivity index (χ4v) is 2.88. The molecule has 0 spiro atoms. The van der Waals surface area contributed by atoms with Crippen molar-refractivity contribution < 1.29 is 5.11 Å². The van der Waals surface area contributed by atoms with Crippen LogP contribution in [-0.2, 0) is 12.8 Å². The van der Waals surface area contributed by atoms with Gasteiger partial charge in [0.05, 0.1) is 11.8 Å². The number of aliphatic hydroxyl groups excluding tert-OH is 1. The van der Waals surface area contributed by atoms with Crippen LogP contribution in [0.25, 0.3) is 0 Å². The summed E-state index contributed by atoms with van der Waals surface area (Å²) in [5, 5.41) is 15.0. The van der Waals surface area contributed by atoms with Crippen molar-refractivity contribution in [2.24, 2.45) is 0 Å². The number of fused-ring (bicyclic) bond motifs is 1. The molecule has 1 aromatic heterocycles. The standard InChI is InChI=1S/C17H23N3O/c1-12(2)20-9-7-15(18-20)11-17(21)14-4-5-16-13(10-14)6-8-19(16)3/h4-5,7,9-10,12,17,21H,6,8,11H2,1-3H3. The molecule has 0 bridgehead atoms. The minimum absolute atomic E-state index is 0.353. The van der Waals surface area contributed by atoms with E-state index in [9.17, 15) is 5.11 Å². The minimum atomic E-state index is -0.489. The molecule has 1 N–H and O–H groups in total. The molecule has 1 aliphatic rings. The van der Waals surface area contributed by atoms with E-state index in [0.29, 0.717) is 12.5 Å². The molecule has 1 aliphatic heterocycles. The van der Waals surface area contributed by atoms with Crippen LogP contribution in [0.1, 0.15) is 42.8 Å². The molecule has 1 atom stereocenters. The summed E-state index contributed by atoms with van der Waals surface area (Å²) >= 11 is 0. The molecule has 0 radical (unpaired) electrons. The Kier molecular flexibility index (Phi) is 3.72. The third-order valence-corrected chi connectivity index (χ3v) is 4.21. The van der Waals surface area contributed by atoms with Crippen LogP contribution in [-0.4, -0.2) is 28.5 Å². The van der Waals surface area contributed by atoms with Gasteiger partial charge in [-0.3, -0.25) is 4.68 Å². The Morgan fingerprint density at radius 1 is 1.29 bits per heavy atom. The van der Waals surface area contributed by atoms with Gasteiger partial charge < -0.3 is 10.0 Å². The zero-order chi connectivity index (χ0) is 15.0. The summed E-state index contributed by atoms with van der Waals surface area (Å²) in [6, 6.07) is 8.64. The summed E-state index contributed by atoms with van der Waals surface area (Å²) in [6.45, 7) is 5.27. The Hall–Kier alpha value is -1.81. The first-order valence-corrected chi connectivity index (χ1v) is 7.60. The lowest BCUT2D eigenvalue weighted by atomic mass is 10.0. The van der Waals surface area contributed by atoms with Crippen LogP contribution < -0.4 is 4.90 Å². The number of anilines is 1. The van der Waals surface area contributed by atoms with Crippen molar-refractivity contribution in [3.8, 4) is 0 Å². The molecule has 0 saturated carbocycles. The minimum Gasteiger partial charge on any atom is -0.388 e. The van der Waals surface area contributed by atoms with E-state index in [4.69, 9.17) is 0 Å². The summed E-state index contributed by atoms with van der Waals surface area (Å²) in [7, 11) is 2.11. The lowest BCUT2D eigenvalue weighted by Crippen LogP contribution is -2.12. The van der Waals surface area contributed by atoms with Gasteiger partial charge in [-0.05, 0) is 43.5 Å². The van der Waals surface area contributed by atoms with Gasteiger partial charge in [-0.25, -0.2) is 0 Å². The molecule has 4 nitrogen and oxygen atoms in total. The topological polar surface area (TPSA) is 41.3 Å². The molecule has 2 heterocycles. The van der Waals surface area contributed by atoms with Crippen LogP contribution in [0.15, 0.2) is 30.5 Å². The molecule has 0 amide bonds. The lowest BCUT2D eigenvalue weighted by Gasteiger charge is -2.14. The van der Waals surface area contributed by atoms with Gasteiger partial charge in [-0.15, -0.1) is 0 Å². The maximum atomic E-state index is 10.5. The molecular weight excluding hydrogens is 262 g/mol. The maximum Gasteiger partial charge on any atom is 0.0846 e. The van der Waals surface area contributed by atoms with E-state index in [1.54, 1.807) is 0 Å². The molecule has 21 heavy (non-hydrogen) atoms. The SMILES string of the molecule is CC(C)n1ccc(CC(O)c2ccc3c(c2)CCN3C)n1. The molecule has 3 rings (SSSR count). The smallest absolute Gasteiger partial charge is 0.0846 e. The monoisotopic (exact) mass is 285 g/mol. The second-order valence-corrected chi connectivity index (χ2v) is 6.16. The molecule has 1 unspecified atom stereocenters. The van der Waals surface area contributed by atoms with E-state index in [1.165, 1.54) is 11.3 Å². The van der Waals surface area contributed by atoms with Gasteiger partial charge in [0.2, 0.25) is 0 Å². The molecule has 2 aromatic rings. The molecule has 0 fully saturated rings. The summed E-state index contributed by atoms with van der Waals surface area (Å²) in [5.41, 5.74) is 4.55. The zero-order valence-electron chi connectivity index (χ0n) is 13.0. The Morgan fingerprint density at radius 2 is 2.10 bits per heavy atom. The number of aromatic nitrogens is 2. The van der Waals surface area contributed by atoms with Crippen molar-refractivity contribution in [3.05, 3.63) is 47.3 Å². The molecule has 1 aromatic carbocycles. The van der Waals surface area contributed by atoms with Gasteiger partial charge in [0.15, 0.2) is 0 Å². The van der Waals surface area contributed by atoms with E-state index < -0.39 is 6.10 Å². The molecule has 0 aliphatic carbocycles. The van der Waals surface area contributed by atoms with Crippen molar-refractivity contribution in [1.82, 2.24) is 9.78 Å². The molecular formula is C17H23N3O. The third kappa shape index (κ3) is 2.81. The zero-order valence-corrected chi connectivity index (χ0v) is 13.0. The van der Waals surface area contributed by atoms with Crippen LogP contribution >= 0.6 is 0 Å². The normalized spacial score (nSPS) is 15.6. The number of benzene rings is 1. The fraction of sp³-hybridized carbons (Fsp3) is 0.471. The summed E-state index contributed by atoms with van der Waals surface area (Å²) in [5.74, 6) is 0. The van der Waals surface area contributed by atoms with E-state index in [1.807, 2.05) is 23.0 Å². The Bertz CT molecular complexity index is 633. The number of aliphatic hydroxyl groups is 1. The van der Waals surface area contributed by atoms with E-state index in [0.717, 1.165) is 24.2 Å². The van der Waals surface area contributed by atoms with Crippen molar-refractivity contribution in [1.29, 1.82) is 0 Å². The first-order chi connectivity index (χ1) is 10.0. The van der Waals surface area contributed by atoms with E-state index >= 15 is 0 Å². The second-order valence-electron chi connectivity index (χ2n) is 6.16. The van der Waals surface area contributed by atoms with Gasteiger partial charge in [-0.1, -0.05) is 12.1 Å². The van der Waals surface area contributed by atoms with Gasteiger partial charge >= 0.3 is 0 Å². The number of hydrogen-bond acceptors (Lipinski definition) is 3. The first kappa shape index (κ1) is 14.1.